The molecule has 0 saturated heterocycles. The molecular weight excluding hydrogens is 214 g/mol. The average molecular weight is 229 g/mol. The molecule has 88 valence electrons. The van der Waals surface area contributed by atoms with Crippen LogP contribution in [-0.2, 0) is 0 Å². The lowest BCUT2D eigenvalue weighted by atomic mass is 10.0. The lowest BCUT2D eigenvalue weighted by molar-refractivity contribution is 0.0697. The average Bonchev–Trinajstić information content (AvgIpc) is 2.42. The summed E-state index contributed by atoms with van der Waals surface area (Å²) in [5.41, 5.74) is 6.77. The smallest absolute Gasteiger partial charge is 0.335 e. The third kappa shape index (κ3) is 3.43. The zero-order valence-electron chi connectivity index (χ0n) is 9.63. The Morgan fingerprint density at radius 1 is 0.941 bits per heavy atom. The molecule has 0 saturated carbocycles. The first-order chi connectivity index (χ1) is 8.27. The lowest BCUT2D eigenvalue weighted by Crippen LogP contribution is -1.95. The normalized spacial score (nSPS) is 9.06. The van der Waals surface area contributed by atoms with Gasteiger partial charge in [0.05, 0.1) is 5.56 Å². The number of hydrogen-bond donors (Lipinski definition) is 2. The number of benzene rings is 2. The molecule has 0 unspecified atom stereocenters. The first-order valence-corrected chi connectivity index (χ1v) is 5.24. The summed E-state index contributed by atoms with van der Waals surface area (Å²) < 4.78 is 0. The molecule has 3 nitrogen and oxygen atoms in total. The molecule has 0 aromatic heterocycles. The minimum Gasteiger partial charge on any atom is -0.478 e. The number of carboxylic acids is 1. The SMILES string of the molecule is CN.O=C(O)c1cccc(-c2ccccc2)c1. The summed E-state index contributed by atoms with van der Waals surface area (Å²) in [5.74, 6) is -0.896. The molecule has 3 heteroatoms. The van der Waals surface area contributed by atoms with Gasteiger partial charge >= 0.3 is 5.97 Å². The van der Waals surface area contributed by atoms with E-state index < -0.39 is 5.97 Å². The fourth-order valence-corrected chi connectivity index (χ4v) is 1.46. The molecule has 0 amide bonds. The van der Waals surface area contributed by atoms with Crippen LogP contribution in [0.2, 0.25) is 0 Å². The van der Waals surface area contributed by atoms with E-state index in [9.17, 15) is 4.79 Å². The summed E-state index contributed by atoms with van der Waals surface area (Å²) in [6, 6.07) is 16.7. The van der Waals surface area contributed by atoms with Crippen LogP contribution in [0.3, 0.4) is 0 Å². The molecule has 3 N–H and O–H groups in total. The van der Waals surface area contributed by atoms with Crippen LogP contribution < -0.4 is 5.73 Å². The van der Waals surface area contributed by atoms with Crippen LogP contribution in [0.15, 0.2) is 54.6 Å². The second-order valence-electron chi connectivity index (χ2n) is 3.25. The Labute approximate surface area is 101 Å². The van der Waals surface area contributed by atoms with Gasteiger partial charge in [-0.25, -0.2) is 4.79 Å². The monoisotopic (exact) mass is 229 g/mol. The predicted octanol–water partition coefficient (Wildman–Crippen LogP) is 2.63. The molecule has 0 aliphatic heterocycles. The molecular formula is C14H15NO2. The molecule has 0 aliphatic rings. The van der Waals surface area contributed by atoms with Crippen molar-refractivity contribution in [2.24, 2.45) is 5.73 Å². The molecule has 0 bridgehead atoms. The van der Waals surface area contributed by atoms with E-state index in [1.807, 2.05) is 36.4 Å². The van der Waals surface area contributed by atoms with Crippen molar-refractivity contribution in [1.29, 1.82) is 0 Å². The zero-order valence-corrected chi connectivity index (χ0v) is 9.63. The maximum Gasteiger partial charge on any atom is 0.335 e. The second-order valence-corrected chi connectivity index (χ2v) is 3.25. The van der Waals surface area contributed by atoms with E-state index in [1.54, 1.807) is 18.2 Å². The van der Waals surface area contributed by atoms with E-state index in [-0.39, 0.29) is 0 Å². The van der Waals surface area contributed by atoms with Crippen LogP contribution in [0.25, 0.3) is 11.1 Å². The molecule has 0 atom stereocenters. The molecule has 17 heavy (non-hydrogen) atoms. The van der Waals surface area contributed by atoms with E-state index in [0.29, 0.717) is 5.56 Å². The quantitative estimate of drug-likeness (QED) is 0.832. The number of carbonyl (C=O) groups is 1. The summed E-state index contributed by atoms with van der Waals surface area (Å²) in [7, 11) is 1.50. The van der Waals surface area contributed by atoms with Crippen molar-refractivity contribution in [1.82, 2.24) is 0 Å². The van der Waals surface area contributed by atoms with Crippen molar-refractivity contribution in [3.05, 3.63) is 60.2 Å². The van der Waals surface area contributed by atoms with Crippen LogP contribution in [0.5, 0.6) is 0 Å². The highest BCUT2D eigenvalue weighted by Gasteiger charge is 2.03. The van der Waals surface area contributed by atoms with Crippen molar-refractivity contribution in [3.63, 3.8) is 0 Å². The van der Waals surface area contributed by atoms with E-state index in [2.05, 4.69) is 5.73 Å². The van der Waals surface area contributed by atoms with Gasteiger partial charge in [-0.15, -0.1) is 0 Å². The highest BCUT2D eigenvalue weighted by atomic mass is 16.4. The zero-order chi connectivity index (χ0) is 12.7. The van der Waals surface area contributed by atoms with E-state index in [4.69, 9.17) is 5.11 Å². The van der Waals surface area contributed by atoms with Gasteiger partial charge in [0.25, 0.3) is 0 Å². The predicted molar refractivity (Wildman–Crippen MR) is 68.9 cm³/mol. The Hall–Kier alpha value is -2.13. The van der Waals surface area contributed by atoms with Crippen LogP contribution in [0, 0.1) is 0 Å². The first kappa shape index (κ1) is 12.9. The minimum absolute atomic E-state index is 0.316. The van der Waals surface area contributed by atoms with Gasteiger partial charge in [0, 0.05) is 0 Å². The van der Waals surface area contributed by atoms with Gasteiger partial charge in [0.15, 0.2) is 0 Å². The van der Waals surface area contributed by atoms with Gasteiger partial charge in [0.1, 0.15) is 0 Å². The second kappa shape index (κ2) is 6.45. The van der Waals surface area contributed by atoms with E-state index in [1.165, 1.54) is 7.05 Å². The Morgan fingerprint density at radius 3 is 2.12 bits per heavy atom. The summed E-state index contributed by atoms with van der Waals surface area (Å²) in [4.78, 5) is 10.8. The van der Waals surface area contributed by atoms with Gasteiger partial charge in [-0.2, -0.15) is 0 Å². The Balaban J connectivity index is 0.000000686. The number of rotatable bonds is 2. The topological polar surface area (TPSA) is 63.3 Å². The molecule has 0 spiro atoms. The Morgan fingerprint density at radius 2 is 1.53 bits per heavy atom. The summed E-state index contributed by atoms with van der Waals surface area (Å²) in [5, 5.41) is 8.86. The fraction of sp³-hybridized carbons (Fsp3) is 0.0714. The standard InChI is InChI=1S/C13H10O2.CH5N/c14-13(15)12-8-4-7-11(9-12)10-5-2-1-3-6-10;1-2/h1-9H,(H,14,15);2H2,1H3. The van der Waals surface area contributed by atoms with Crippen molar-refractivity contribution < 1.29 is 9.90 Å². The summed E-state index contributed by atoms with van der Waals surface area (Å²) >= 11 is 0. The fourth-order valence-electron chi connectivity index (χ4n) is 1.46. The van der Waals surface area contributed by atoms with E-state index in [0.717, 1.165) is 11.1 Å². The van der Waals surface area contributed by atoms with Gasteiger partial charge in [-0.1, -0.05) is 42.5 Å². The van der Waals surface area contributed by atoms with Crippen molar-refractivity contribution >= 4 is 5.97 Å². The van der Waals surface area contributed by atoms with Crippen LogP contribution in [0.1, 0.15) is 10.4 Å². The molecule has 0 aliphatic carbocycles. The Kier molecular flexibility index (Phi) is 4.91. The van der Waals surface area contributed by atoms with Crippen LogP contribution in [0.4, 0.5) is 0 Å². The van der Waals surface area contributed by atoms with E-state index >= 15 is 0 Å². The largest absolute Gasteiger partial charge is 0.478 e. The maximum atomic E-state index is 10.8. The third-order valence-corrected chi connectivity index (χ3v) is 2.22. The third-order valence-electron chi connectivity index (χ3n) is 2.22. The first-order valence-electron chi connectivity index (χ1n) is 5.24. The van der Waals surface area contributed by atoms with Gasteiger partial charge in [-0.3, -0.25) is 0 Å². The van der Waals surface area contributed by atoms with Crippen molar-refractivity contribution in [3.8, 4) is 11.1 Å². The van der Waals surface area contributed by atoms with Crippen molar-refractivity contribution in [2.75, 3.05) is 7.05 Å². The highest BCUT2D eigenvalue weighted by molar-refractivity contribution is 5.89. The maximum absolute atomic E-state index is 10.8. The van der Waals surface area contributed by atoms with Gasteiger partial charge in [-0.05, 0) is 30.3 Å². The number of hydrogen-bond acceptors (Lipinski definition) is 2. The summed E-state index contributed by atoms with van der Waals surface area (Å²) in [6.07, 6.45) is 0. The molecule has 0 radical (unpaired) electrons. The lowest BCUT2D eigenvalue weighted by Gasteiger charge is -2.02. The Bertz CT molecular complexity index is 481. The minimum atomic E-state index is -0.896. The number of aromatic carboxylic acids is 1. The summed E-state index contributed by atoms with van der Waals surface area (Å²) in [6.45, 7) is 0. The molecule has 2 aromatic carbocycles. The van der Waals surface area contributed by atoms with Crippen molar-refractivity contribution in [2.45, 2.75) is 0 Å². The molecule has 0 heterocycles. The van der Waals surface area contributed by atoms with Gasteiger partial charge < -0.3 is 10.8 Å². The molecule has 0 fully saturated rings. The molecule has 2 rings (SSSR count). The molecule has 2 aromatic rings. The van der Waals surface area contributed by atoms with Gasteiger partial charge in [0.2, 0.25) is 0 Å². The number of carboxylic acid groups (broad SMARTS) is 1. The van der Waals surface area contributed by atoms with Crippen LogP contribution in [-0.4, -0.2) is 18.1 Å². The highest BCUT2D eigenvalue weighted by Crippen LogP contribution is 2.19. The van der Waals surface area contributed by atoms with Crippen LogP contribution >= 0.6 is 0 Å². The number of nitrogens with two attached hydrogens (primary N) is 1.